The fraction of sp³-hybridized carbons (Fsp3) is 0.297. The summed E-state index contributed by atoms with van der Waals surface area (Å²) in [7, 11) is -4.30. The number of carbonyl (C=O) groups is 2. The highest BCUT2D eigenvalue weighted by atomic mass is 35.5. The van der Waals surface area contributed by atoms with Gasteiger partial charge in [0.15, 0.2) is 0 Å². The van der Waals surface area contributed by atoms with Crippen LogP contribution in [0.1, 0.15) is 48.8 Å². The van der Waals surface area contributed by atoms with E-state index in [2.05, 4.69) is 5.32 Å². The highest BCUT2D eigenvalue weighted by Crippen LogP contribution is 2.36. The Balaban J connectivity index is 1.57. The van der Waals surface area contributed by atoms with E-state index in [0.717, 1.165) is 53.1 Å². The molecule has 4 aromatic rings. The number of amides is 2. The molecule has 1 aliphatic carbocycles. The molecule has 0 aliphatic heterocycles. The van der Waals surface area contributed by atoms with E-state index in [9.17, 15) is 18.0 Å². The summed E-state index contributed by atoms with van der Waals surface area (Å²) in [5, 5.41) is 3.37. The molecule has 0 unspecified atom stereocenters. The van der Waals surface area contributed by atoms with Crippen molar-refractivity contribution in [2.45, 2.75) is 69.0 Å². The van der Waals surface area contributed by atoms with Gasteiger partial charge in [0.05, 0.1) is 20.6 Å². The molecule has 2 amide bonds. The summed E-state index contributed by atoms with van der Waals surface area (Å²) in [6.45, 7) is 1.35. The number of anilines is 1. The van der Waals surface area contributed by atoms with Gasteiger partial charge in [0.2, 0.25) is 11.8 Å². The van der Waals surface area contributed by atoms with Gasteiger partial charge in [0.25, 0.3) is 10.0 Å². The molecular weight excluding hydrogens is 653 g/mol. The van der Waals surface area contributed by atoms with Crippen molar-refractivity contribution in [2.24, 2.45) is 0 Å². The van der Waals surface area contributed by atoms with Crippen LogP contribution in [0.3, 0.4) is 0 Å². The first-order valence-corrected chi connectivity index (χ1v) is 18.0. The normalized spacial score (nSPS) is 14.3. The van der Waals surface area contributed by atoms with Crippen LogP contribution < -0.4 is 9.62 Å². The molecule has 0 bridgehead atoms. The number of hydrogen-bond acceptors (Lipinski definition) is 4. The van der Waals surface area contributed by atoms with Crippen molar-refractivity contribution >= 4 is 50.7 Å². The van der Waals surface area contributed by atoms with Gasteiger partial charge in [-0.15, -0.1) is 0 Å². The minimum Gasteiger partial charge on any atom is -0.352 e. The van der Waals surface area contributed by atoms with Crippen molar-refractivity contribution in [2.75, 3.05) is 10.8 Å². The quantitative estimate of drug-likeness (QED) is 0.166. The monoisotopic (exact) mass is 691 g/mol. The summed E-state index contributed by atoms with van der Waals surface area (Å²) in [5.41, 5.74) is 2.63. The van der Waals surface area contributed by atoms with Gasteiger partial charge in [-0.3, -0.25) is 13.9 Å². The van der Waals surface area contributed by atoms with Crippen LogP contribution in [-0.2, 0) is 32.6 Å². The van der Waals surface area contributed by atoms with Crippen LogP contribution in [0.2, 0.25) is 10.0 Å². The summed E-state index contributed by atoms with van der Waals surface area (Å²) < 4.78 is 29.5. The van der Waals surface area contributed by atoms with Gasteiger partial charge in [-0.05, 0) is 55.2 Å². The van der Waals surface area contributed by atoms with E-state index in [1.807, 2.05) is 67.6 Å². The Labute approximate surface area is 287 Å². The van der Waals surface area contributed by atoms with Crippen molar-refractivity contribution in [3.05, 3.63) is 130 Å². The third-order valence-electron chi connectivity index (χ3n) is 8.51. The minimum atomic E-state index is -4.30. The number of benzene rings is 4. The van der Waals surface area contributed by atoms with E-state index >= 15 is 0 Å². The van der Waals surface area contributed by atoms with Gasteiger partial charge in [0.1, 0.15) is 12.6 Å². The van der Waals surface area contributed by atoms with E-state index in [1.54, 1.807) is 24.3 Å². The van der Waals surface area contributed by atoms with Gasteiger partial charge in [-0.2, -0.15) is 0 Å². The van der Waals surface area contributed by atoms with Gasteiger partial charge >= 0.3 is 0 Å². The van der Waals surface area contributed by atoms with Crippen LogP contribution in [0.25, 0.3) is 0 Å². The highest BCUT2D eigenvalue weighted by Gasteiger charge is 2.36. The number of rotatable bonds is 12. The second-order valence-electron chi connectivity index (χ2n) is 12.0. The molecule has 0 radical (unpaired) electrons. The van der Waals surface area contributed by atoms with Crippen molar-refractivity contribution in [3.63, 3.8) is 0 Å². The second-order valence-corrected chi connectivity index (χ2v) is 14.6. The van der Waals surface area contributed by atoms with Gasteiger partial charge < -0.3 is 10.2 Å². The standard InChI is InChI=1S/C37H39Cl2N3O4S/c1-27-20-22-31(23-21-27)47(45,46)42(33-19-11-18-32(38)36(33)39)26-35(43)41(25-29-14-7-3-8-15-29)34(24-28-12-5-2-6-13-28)37(44)40-30-16-9-4-10-17-30/h2-3,5-8,11-15,18-23,30,34H,4,9-10,16-17,24-26H2,1H3,(H,40,44)/t34-/m1/s1. The number of carbonyl (C=O) groups excluding carboxylic acids is 2. The average molecular weight is 693 g/mol. The lowest BCUT2D eigenvalue weighted by Gasteiger charge is -2.35. The molecular formula is C37H39Cl2N3O4S. The van der Waals surface area contributed by atoms with E-state index in [4.69, 9.17) is 23.2 Å². The summed E-state index contributed by atoms with van der Waals surface area (Å²) in [6, 6.07) is 29.1. The predicted octanol–water partition coefficient (Wildman–Crippen LogP) is 7.59. The maximum absolute atomic E-state index is 14.7. The molecule has 1 fully saturated rings. The third kappa shape index (κ3) is 8.74. The topological polar surface area (TPSA) is 86.8 Å². The van der Waals surface area contributed by atoms with Gasteiger partial charge in [-0.25, -0.2) is 8.42 Å². The lowest BCUT2D eigenvalue weighted by molar-refractivity contribution is -0.140. The molecule has 0 aromatic heterocycles. The molecule has 0 spiro atoms. The van der Waals surface area contributed by atoms with Crippen LogP contribution in [0.4, 0.5) is 5.69 Å². The van der Waals surface area contributed by atoms with Crippen LogP contribution in [-0.4, -0.2) is 43.8 Å². The molecule has 4 aromatic carbocycles. The molecule has 1 saturated carbocycles. The largest absolute Gasteiger partial charge is 0.352 e. The number of hydrogen-bond donors (Lipinski definition) is 1. The Morgan fingerprint density at radius 1 is 0.809 bits per heavy atom. The Morgan fingerprint density at radius 2 is 1.43 bits per heavy atom. The van der Waals surface area contributed by atoms with Gasteiger partial charge in [0, 0.05) is 19.0 Å². The molecule has 7 nitrogen and oxygen atoms in total. The minimum absolute atomic E-state index is 0.00238. The van der Waals surface area contributed by atoms with Crippen molar-refractivity contribution in [1.29, 1.82) is 0 Å². The first-order chi connectivity index (χ1) is 22.6. The molecule has 47 heavy (non-hydrogen) atoms. The Bertz CT molecular complexity index is 1760. The zero-order chi connectivity index (χ0) is 33.4. The second kappa shape index (κ2) is 15.8. The maximum atomic E-state index is 14.7. The maximum Gasteiger partial charge on any atom is 0.264 e. The first kappa shape index (κ1) is 34.5. The number of sulfonamides is 1. The van der Waals surface area contributed by atoms with E-state index in [-0.39, 0.29) is 45.5 Å². The van der Waals surface area contributed by atoms with E-state index in [0.29, 0.717) is 0 Å². The van der Waals surface area contributed by atoms with Gasteiger partial charge in [-0.1, -0.05) is 127 Å². The number of nitrogens with one attached hydrogen (secondary N) is 1. The van der Waals surface area contributed by atoms with Crippen LogP contribution in [0.15, 0.2) is 108 Å². The average Bonchev–Trinajstić information content (AvgIpc) is 3.08. The van der Waals surface area contributed by atoms with Crippen molar-refractivity contribution < 1.29 is 18.0 Å². The number of aryl methyl sites for hydroxylation is 1. The molecule has 10 heteroatoms. The summed E-state index contributed by atoms with van der Waals surface area (Å²) in [6.07, 6.45) is 5.22. The zero-order valence-electron chi connectivity index (χ0n) is 26.3. The lowest BCUT2D eigenvalue weighted by atomic mass is 9.94. The summed E-state index contributed by atoms with van der Waals surface area (Å²) in [5.74, 6) is -0.820. The molecule has 1 atom stereocenters. The van der Waals surface area contributed by atoms with E-state index in [1.165, 1.54) is 23.1 Å². The van der Waals surface area contributed by atoms with Crippen molar-refractivity contribution in [3.8, 4) is 0 Å². The molecule has 0 saturated heterocycles. The fourth-order valence-electron chi connectivity index (χ4n) is 5.91. The Morgan fingerprint density at radius 3 is 2.06 bits per heavy atom. The molecule has 1 N–H and O–H groups in total. The van der Waals surface area contributed by atoms with Crippen LogP contribution in [0.5, 0.6) is 0 Å². The van der Waals surface area contributed by atoms with Crippen LogP contribution in [0, 0.1) is 6.92 Å². The summed E-state index contributed by atoms with van der Waals surface area (Å²) in [4.78, 5) is 30.3. The predicted molar refractivity (Wildman–Crippen MR) is 188 cm³/mol. The highest BCUT2D eigenvalue weighted by molar-refractivity contribution is 7.92. The SMILES string of the molecule is Cc1ccc(S(=O)(=O)N(CC(=O)N(Cc2ccccc2)[C@H](Cc2ccccc2)C(=O)NC2CCCCC2)c2cccc(Cl)c2Cl)cc1. The molecule has 5 rings (SSSR count). The smallest absolute Gasteiger partial charge is 0.264 e. The molecule has 1 aliphatic rings. The molecule has 246 valence electrons. The Hall–Kier alpha value is -3.85. The first-order valence-electron chi connectivity index (χ1n) is 15.8. The van der Waals surface area contributed by atoms with Crippen molar-refractivity contribution in [1.82, 2.24) is 10.2 Å². The zero-order valence-corrected chi connectivity index (χ0v) is 28.6. The third-order valence-corrected chi connectivity index (χ3v) is 11.1. The van der Waals surface area contributed by atoms with Crippen LogP contribution >= 0.6 is 23.2 Å². The number of halogens is 2. The summed E-state index contributed by atoms with van der Waals surface area (Å²) >= 11 is 13.0. The fourth-order valence-corrected chi connectivity index (χ4v) is 7.79. The number of nitrogens with zero attached hydrogens (tertiary/aromatic N) is 2. The lowest BCUT2D eigenvalue weighted by Crippen LogP contribution is -2.55. The van der Waals surface area contributed by atoms with E-state index < -0.39 is 28.5 Å². The Kier molecular flexibility index (Phi) is 11.6. The molecule has 0 heterocycles.